The molecule has 0 saturated carbocycles. The molecule has 0 aliphatic heterocycles. The third-order valence-electron chi connectivity index (χ3n) is 4.63. The summed E-state index contributed by atoms with van der Waals surface area (Å²) < 4.78 is 8.16. The lowest BCUT2D eigenvalue weighted by molar-refractivity contribution is 0.102. The molecule has 0 saturated heterocycles. The summed E-state index contributed by atoms with van der Waals surface area (Å²) in [6, 6.07) is 22.0. The second kappa shape index (κ2) is 10.2. The predicted octanol–water partition coefficient (Wildman–Crippen LogP) is 6.83. The van der Waals surface area contributed by atoms with Crippen molar-refractivity contribution in [3.05, 3.63) is 110 Å². The quantitative estimate of drug-likeness (QED) is 0.285. The molecular weight excluding hydrogens is 513 g/mol. The second-order valence-corrected chi connectivity index (χ2v) is 8.71. The molecule has 1 N–H and O–H groups in total. The highest BCUT2D eigenvalue weighted by Gasteiger charge is 2.13. The summed E-state index contributed by atoms with van der Waals surface area (Å²) >= 11 is 15.7. The molecule has 1 heterocycles. The second-order valence-electron chi connectivity index (χ2n) is 7.02. The molecule has 0 aliphatic rings. The number of halogens is 3. The van der Waals surface area contributed by atoms with E-state index in [-0.39, 0.29) is 5.91 Å². The summed E-state index contributed by atoms with van der Waals surface area (Å²) in [6.45, 7) is 0.808. The summed E-state index contributed by atoms with van der Waals surface area (Å²) in [5.41, 5.74) is 2.31. The van der Waals surface area contributed by atoms with Crippen LogP contribution in [-0.2, 0) is 13.2 Å². The summed E-state index contributed by atoms with van der Waals surface area (Å²) in [5.74, 6) is 0.835. The van der Waals surface area contributed by atoms with Gasteiger partial charge in [0.2, 0.25) is 0 Å². The molecule has 1 amide bonds. The molecule has 0 bridgehead atoms. The highest BCUT2D eigenvalue weighted by Crippen LogP contribution is 2.24. The molecule has 162 valence electrons. The normalized spacial score (nSPS) is 10.7. The molecule has 0 aliphatic carbocycles. The number of anilines is 1. The first-order valence-corrected chi connectivity index (χ1v) is 11.3. The highest BCUT2D eigenvalue weighted by molar-refractivity contribution is 9.10. The molecule has 32 heavy (non-hydrogen) atoms. The van der Waals surface area contributed by atoms with E-state index < -0.39 is 0 Å². The van der Waals surface area contributed by atoms with Crippen LogP contribution in [0.5, 0.6) is 5.75 Å². The molecule has 0 unspecified atom stereocenters. The number of aromatic nitrogens is 2. The monoisotopic (exact) mass is 529 g/mol. The van der Waals surface area contributed by atoms with Gasteiger partial charge in [-0.1, -0.05) is 59.6 Å². The minimum absolute atomic E-state index is 0.265. The van der Waals surface area contributed by atoms with Gasteiger partial charge < -0.3 is 10.1 Å². The van der Waals surface area contributed by atoms with E-state index in [4.69, 9.17) is 27.9 Å². The van der Waals surface area contributed by atoms with Gasteiger partial charge in [-0.2, -0.15) is 5.10 Å². The Labute approximate surface area is 204 Å². The van der Waals surface area contributed by atoms with Gasteiger partial charge in [-0.15, -0.1) is 0 Å². The summed E-state index contributed by atoms with van der Waals surface area (Å²) in [5, 5.41) is 8.58. The van der Waals surface area contributed by atoms with Crippen LogP contribution in [0.2, 0.25) is 10.0 Å². The smallest absolute Gasteiger partial charge is 0.256 e. The van der Waals surface area contributed by atoms with E-state index in [9.17, 15) is 4.79 Å². The van der Waals surface area contributed by atoms with Crippen molar-refractivity contribution >= 4 is 50.9 Å². The standard InChI is InChI=1S/C24H18BrCl2N3O2/c25-21-14-30(13-18-6-1-2-10-22(18)27)29-23(21)28-24(31)17-7-3-5-16(11-17)15-32-20-9-4-8-19(26)12-20/h1-12,14H,13,15H2,(H,28,29,31). The molecular formula is C24H18BrCl2N3O2. The molecule has 0 fully saturated rings. The van der Waals surface area contributed by atoms with Crippen molar-refractivity contribution in [1.29, 1.82) is 0 Å². The molecule has 8 heteroatoms. The van der Waals surface area contributed by atoms with Crippen molar-refractivity contribution in [3.8, 4) is 5.75 Å². The maximum Gasteiger partial charge on any atom is 0.256 e. The minimum Gasteiger partial charge on any atom is -0.489 e. The van der Waals surface area contributed by atoms with Crippen LogP contribution in [0.25, 0.3) is 0 Å². The Morgan fingerprint density at radius 3 is 2.66 bits per heavy atom. The third kappa shape index (κ3) is 5.71. The summed E-state index contributed by atoms with van der Waals surface area (Å²) in [6.07, 6.45) is 1.80. The molecule has 0 radical (unpaired) electrons. The lowest BCUT2D eigenvalue weighted by Gasteiger charge is -2.08. The zero-order valence-corrected chi connectivity index (χ0v) is 19.9. The van der Waals surface area contributed by atoms with Crippen molar-refractivity contribution in [1.82, 2.24) is 9.78 Å². The van der Waals surface area contributed by atoms with E-state index in [1.165, 1.54) is 0 Å². The Bertz CT molecular complexity index is 1260. The fraction of sp³-hybridized carbons (Fsp3) is 0.0833. The fourth-order valence-corrected chi connectivity index (χ4v) is 3.86. The number of nitrogens with one attached hydrogen (secondary N) is 1. The van der Waals surface area contributed by atoms with Gasteiger partial charge in [0, 0.05) is 21.8 Å². The van der Waals surface area contributed by atoms with Gasteiger partial charge in [-0.05, 0) is 63.5 Å². The van der Waals surface area contributed by atoms with Gasteiger partial charge in [-0.25, -0.2) is 0 Å². The Morgan fingerprint density at radius 2 is 1.84 bits per heavy atom. The van der Waals surface area contributed by atoms with Gasteiger partial charge in [0.1, 0.15) is 12.4 Å². The average Bonchev–Trinajstić information content (AvgIpc) is 3.12. The van der Waals surface area contributed by atoms with Gasteiger partial charge in [0.25, 0.3) is 5.91 Å². The number of carbonyl (C=O) groups excluding carboxylic acids is 1. The predicted molar refractivity (Wildman–Crippen MR) is 131 cm³/mol. The Kier molecular flexibility index (Phi) is 7.15. The number of ether oxygens (including phenoxy) is 1. The van der Waals surface area contributed by atoms with Crippen molar-refractivity contribution in [2.75, 3.05) is 5.32 Å². The Hall–Kier alpha value is -2.80. The van der Waals surface area contributed by atoms with Crippen molar-refractivity contribution in [2.24, 2.45) is 0 Å². The van der Waals surface area contributed by atoms with Crippen molar-refractivity contribution in [2.45, 2.75) is 13.2 Å². The molecule has 4 aromatic rings. The van der Waals surface area contributed by atoms with Crippen molar-refractivity contribution in [3.63, 3.8) is 0 Å². The van der Waals surface area contributed by atoms with Crippen LogP contribution in [0.4, 0.5) is 5.82 Å². The zero-order chi connectivity index (χ0) is 22.5. The SMILES string of the molecule is O=C(Nc1nn(Cc2ccccc2Cl)cc1Br)c1cccc(COc2cccc(Cl)c2)c1. The van der Waals surface area contributed by atoms with Crippen LogP contribution in [0, 0.1) is 0 Å². The number of hydrogen-bond donors (Lipinski definition) is 1. The maximum atomic E-state index is 12.8. The van der Waals surface area contributed by atoms with E-state index in [0.29, 0.717) is 44.8 Å². The first-order valence-electron chi connectivity index (χ1n) is 9.73. The maximum absolute atomic E-state index is 12.8. The van der Waals surface area contributed by atoms with Crippen LogP contribution in [0.3, 0.4) is 0 Å². The fourth-order valence-electron chi connectivity index (χ4n) is 3.07. The number of amides is 1. The first kappa shape index (κ1) is 22.4. The van der Waals surface area contributed by atoms with Crippen LogP contribution in [0.1, 0.15) is 21.5 Å². The van der Waals surface area contributed by atoms with E-state index in [2.05, 4.69) is 26.3 Å². The lowest BCUT2D eigenvalue weighted by atomic mass is 10.1. The first-order chi connectivity index (χ1) is 15.5. The van der Waals surface area contributed by atoms with Crippen LogP contribution >= 0.6 is 39.1 Å². The number of hydrogen-bond acceptors (Lipinski definition) is 3. The van der Waals surface area contributed by atoms with Gasteiger partial charge in [0.05, 0.1) is 11.0 Å². The summed E-state index contributed by atoms with van der Waals surface area (Å²) in [7, 11) is 0. The van der Waals surface area contributed by atoms with Crippen LogP contribution in [-0.4, -0.2) is 15.7 Å². The molecule has 1 aromatic heterocycles. The molecule has 0 atom stereocenters. The highest BCUT2D eigenvalue weighted by atomic mass is 79.9. The molecule has 0 spiro atoms. The van der Waals surface area contributed by atoms with Gasteiger partial charge in [0.15, 0.2) is 5.82 Å². The van der Waals surface area contributed by atoms with Crippen LogP contribution < -0.4 is 10.1 Å². The lowest BCUT2D eigenvalue weighted by Crippen LogP contribution is -2.13. The Morgan fingerprint density at radius 1 is 1.03 bits per heavy atom. The average molecular weight is 531 g/mol. The number of rotatable bonds is 7. The molecule has 5 nitrogen and oxygen atoms in total. The van der Waals surface area contributed by atoms with Gasteiger partial charge in [-0.3, -0.25) is 9.48 Å². The van der Waals surface area contributed by atoms with Gasteiger partial charge >= 0.3 is 0 Å². The number of nitrogens with zero attached hydrogens (tertiary/aromatic N) is 2. The molecule has 4 rings (SSSR count). The van der Waals surface area contributed by atoms with E-state index in [1.54, 1.807) is 35.1 Å². The Balaban J connectivity index is 1.42. The van der Waals surface area contributed by atoms with Crippen molar-refractivity contribution < 1.29 is 9.53 Å². The zero-order valence-electron chi connectivity index (χ0n) is 16.8. The minimum atomic E-state index is -0.265. The van der Waals surface area contributed by atoms with E-state index >= 15 is 0 Å². The number of carbonyl (C=O) groups is 1. The van der Waals surface area contributed by atoms with E-state index in [0.717, 1.165) is 11.1 Å². The van der Waals surface area contributed by atoms with E-state index in [1.807, 2.05) is 48.5 Å². The molecule has 3 aromatic carbocycles. The largest absolute Gasteiger partial charge is 0.489 e. The topological polar surface area (TPSA) is 56.2 Å². The summed E-state index contributed by atoms with van der Waals surface area (Å²) in [4.78, 5) is 12.8. The third-order valence-corrected chi connectivity index (χ3v) is 5.81. The number of benzene rings is 3. The van der Waals surface area contributed by atoms with Crippen LogP contribution in [0.15, 0.2) is 83.5 Å².